The van der Waals surface area contributed by atoms with E-state index < -0.39 is 0 Å². The Morgan fingerprint density at radius 3 is 2.10 bits per heavy atom. The van der Waals surface area contributed by atoms with Crippen LogP contribution in [0.1, 0.15) is 46.6 Å². The number of hydrogen-bond acceptors (Lipinski definition) is 1. The van der Waals surface area contributed by atoms with Crippen LogP contribution in [0.4, 0.5) is 0 Å². The van der Waals surface area contributed by atoms with Gasteiger partial charge in [0.25, 0.3) is 0 Å². The average molecular weight is 385 g/mol. The molecule has 2 heteroatoms. The lowest BCUT2D eigenvalue weighted by atomic mass is 9.96. The van der Waals surface area contributed by atoms with Crippen molar-refractivity contribution in [2.24, 2.45) is 16.7 Å². The molecule has 0 heterocycles. The molecule has 20 heavy (non-hydrogen) atoms. The third-order valence-electron chi connectivity index (χ3n) is 5.56. The Labute approximate surface area is 138 Å². The number of hydrogen-bond donors (Lipinski definition) is 1. The van der Waals surface area contributed by atoms with E-state index in [1.54, 1.807) is 0 Å². The molecule has 0 aromatic heterocycles. The molecule has 112 valence electrons. The molecule has 0 amide bonds. The summed E-state index contributed by atoms with van der Waals surface area (Å²) in [6.07, 6.45) is 2.35. The van der Waals surface area contributed by atoms with E-state index in [2.05, 4.69) is 86.8 Å². The molecule has 1 N–H and O–H groups in total. The van der Waals surface area contributed by atoms with E-state index in [1.807, 2.05) is 0 Å². The molecule has 0 bridgehead atoms. The van der Waals surface area contributed by atoms with Crippen LogP contribution in [0.2, 0.25) is 0 Å². The molecule has 1 nitrogen and oxygen atoms in total. The summed E-state index contributed by atoms with van der Waals surface area (Å²) in [7, 11) is 0. The highest BCUT2D eigenvalue weighted by Gasteiger charge is 2.66. The zero-order valence-electron chi connectivity index (χ0n) is 13.5. The average Bonchev–Trinajstić information content (AvgIpc) is 2.78. The molecule has 1 aliphatic rings. The summed E-state index contributed by atoms with van der Waals surface area (Å²) in [5.74, 6) is 0.765. The van der Waals surface area contributed by atoms with Crippen LogP contribution in [0.15, 0.2) is 24.3 Å². The summed E-state index contributed by atoms with van der Waals surface area (Å²) in [5.41, 5.74) is 2.35. The molecule has 1 aliphatic carbocycles. The molecule has 1 aromatic carbocycles. The SMILES string of the molecule is CCCNC(Cc1ccc(I)cc1)C1C(C)(C)C1(C)C. The van der Waals surface area contributed by atoms with Crippen LogP contribution in [-0.4, -0.2) is 12.6 Å². The summed E-state index contributed by atoms with van der Waals surface area (Å²) in [6, 6.07) is 9.60. The summed E-state index contributed by atoms with van der Waals surface area (Å²) >= 11 is 2.37. The van der Waals surface area contributed by atoms with Gasteiger partial charge in [-0.05, 0) is 76.4 Å². The molecular formula is C18H28IN. The van der Waals surface area contributed by atoms with Gasteiger partial charge in [0.1, 0.15) is 0 Å². The predicted molar refractivity (Wildman–Crippen MR) is 96.0 cm³/mol. The Bertz CT molecular complexity index is 433. The Hall–Kier alpha value is -0.0900. The first-order chi connectivity index (χ1) is 9.30. The number of halogens is 1. The smallest absolute Gasteiger partial charge is 0.0146 e. The first-order valence-electron chi connectivity index (χ1n) is 7.78. The van der Waals surface area contributed by atoms with Crippen LogP contribution in [0.5, 0.6) is 0 Å². The van der Waals surface area contributed by atoms with Crippen LogP contribution in [-0.2, 0) is 6.42 Å². The molecule has 1 saturated carbocycles. The second-order valence-corrected chi connectivity index (χ2v) is 8.56. The van der Waals surface area contributed by atoms with Crippen LogP contribution < -0.4 is 5.32 Å². The Morgan fingerprint density at radius 2 is 1.65 bits per heavy atom. The van der Waals surface area contributed by atoms with Crippen LogP contribution in [0, 0.1) is 20.3 Å². The number of rotatable bonds is 6. The van der Waals surface area contributed by atoms with Crippen molar-refractivity contribution >= 4 is 22.6 Å². The fraction of sp³-hybridized carbons (Fsp3) is 0.667. The van der Waals surface area contributed by atoms with Gasteiger partial charge in [0.05, 0.1) is 0 Å². The Balaban J connectivity index is 2.11. The van der Waals surface area contributed by atoms with Gasteiger partial charge in [-0.2, -0.15) is 0 Å². The fourth-order valence-electron chi connectivity index (χ4n) is 3.77. The second kappa shape index (κ2) is 5.96. The number of nitrogens with one attached hydrogen (secondary N) is 1. The molecule has 1 atom stereocenters. The van der Waals surface area contributed by atoms with Gasteiger partial charge in [0.15, 0.2) is 0 Å². The Morgan fingerprint density at radius 1 is 1.10 bits per heavy atom. The molecule has 1 fully saturated rings. The summed E-state index contributed by atoms with van der Waals surface area (Å²) in [5, 5.41) is 3.80. The van der Waals surface area contributed by atoms with Crippen molar-refractivity contribution in [3.63, 3.8) is 0 Å². The molecule has 1 aromatic rings. The van der Waals surface area contributed by atoms with Gasteiger partial charge >= 0.3 is 0 Å². The Kier molecular flexibility index (Phi) is 4.85. The maximum atomic E-state index is 3.80. The maximum Gasteiger partial charge on any atom is 0.0146 e. The van der Waals surface area contributed by atoms with Crippen molar-refractivity contribution in [1.29, 1.82) is 0 Å². The lowest BCUT2D eigenvalue weighted by molar-refractivity contribution is 0.395. The summed E-state index contributed by atoms with van der Waals surface area (Å²) in [6.45, 7) is 13.1. The minimum atomic E-state index is 0.446. The van der Waals surface area contributed by atoms with Gasteiger partial charge < -0.3 is 5.32 Å². The van der Waals surface area contributed by atoms with Crippen LogP contribution >= 0.6 is 22.6 Å². The molecule has 2 rings (SSSR count). The molecule has 0 spiro atoms. The van der Waals surface area contributed by atoms with Gasteiger partial charge in [-0.1, -0.05) is 46.8 Å². The molecule has 0 saturated heterocycles. The second-order valence-electron chi connectivity index (χ2n) is 7.31. The van der Waals surface area contributed by atoms with E-state index in [0.29, 0.717) is 16.9 Å². The van der Waals surface area contributed by atoms with E-state index in [9.17, 15) is 0 Å². The minimum absolute atomic E-state index is 0.446. The van der Waals surface area contributed by atoms with E-state index in [1.165, 1.54) is 15.6 Å². The molecule has 0 aliphatic heterocycles. The standard InChI is InChI=1S/C18H28IN/c1-6-11-20-15(16-17(2,3)18(16,4)5)12-13-7-9-14(19)10-8-13/h7-10,15-16,20H,6,11-12H2,1-5H3. The molecule has 0 radical (unpaired) electrons. The van der Waals surface area contributed by atoms with Crippen molar-refractivity contribution in [3.8, 4) is 0 Å². The van der Waals surface area contributed by atoms with E-state index >= 15 is 0 Å². The van der Waals surface area contributed by atoms with E-state index in [0.717, 1.165) is 18.9 Å². The highest BCUT2D eigenvalue weighted by atomic mass is 127. The van der Waals surface area contributed by atoms with Crippen molar-refractivity contribution in [2.45, 2.75) is 53.5 Å². The van der Waals surface area contributed by atoms with Gasteiger partial charge in [0, 0.05) is 9.61 Å². The van der Waals surface area contributed by atoms with Crippen LogP contribution in [0.25, 0.3) is 0 Å². The first-order valence-corrected chi connectivity index (χ1v) is 8.86. The van der Waals surface area contributed by atoms with Gasteiger partial charge in [-0.15, -0.1) is 0 Å². The molecule has 1 unspecified atom stereocenters. The van der Waals surface area contributed by atoms with E-state index in [4.69, 9.17) is 0 Å². The zero-order valence-corrected chi connectivity index (χ0v) is 15.6. The first kappa shape index (κ1) is 16.3. The van der Waals surface area contributed by atoms with Crippen molar-refractivity contribution < 1.29 is 0 Å². The zero-order chi connectivity index (χ0) is 15.0. The topological polar surface area (TPSA) is 12.0 Å². The van der Waals surface area contributed by atoms with Crippen molar-refractivity contribution in [3.05, 3.63) is 33.4 Å². The highest BCUT2D eigenvalue weighted by Crippen LogP contribution is 2.69. The highest BCUT2D eigenvalue weighted by molar-refractivity contribution is 14.1. The van der Waals surface area contributed by atoms with Crippen molar-refractivity contribution in [2.75, 3.05) is 6.54 Å². The lowest BCUT2D eigenvalue weighted by Gasteiger charge is -2.21. The fourth-order valence-corrected chi connectivity index (χ4v) is 4.13. The van der Waals surface area contributed by atoms with Crippen molar-refractivity contribution in [1.82, 2.24) is 5.32 Å². The minimum Gasteiger partial charge on any atom is -0.313 e. The van der Waals surface area contributed by atoms with Gasteiger partial charge in [-0.3, -0.25) is 0 Å². The maximum absolute atomic E-state index is 3.80. The van der Waals surface area contributed by atoms with Crippen LogP contribution in [0.3, 0.4) is 0 Å². The third kappa shape index (κ3) is 3.06. The number of benzene rings is 1. The largest absolute Gasteiger partial charge is 0.313 e. The quantitative estimate of drug-likeness (QED) is 0.688. The monoisotopic (exact) mass is 385 g/mol. The third-order valence-corrected chi connectivity index (χ3v) is 6.28. The normalized spacial score (nSPS) is 21.7. The van der Waals surface area contributed by atoms with E-state index in [-0.39, 0.29) is 0 Å². The van der Waals surface area contributed by atoms with Gasteiger partial charge in [-0.25, -0.2) is 0 Å². The predicted octanol–water partition coefficient (Wildman–Crippen LogP) is 4.88. The lowest BCUT2D eigenvalue weighted by Crippen LogP contribution is -2.36. The summed E-state index contributed by atoms with van der Waals surface area (Å²) in [4.78, 5) is 0. The van der Waals surface area contributed by atoms with Gasteiger partial charge in [0.2, 0.25) is 0 Å². The summed E-state index contributed by atoms with van der Waals surface area (Å²) < 4.78 is 1.32. The molecular weight excluding hydrogens is 357 g/mol.